The van der Waals surface area contributed by atoms with Crippen LogP contribution in [0.4, 0.5) is 0 Å². The molecule has 0 aliphatic heterocycles. The van der Waals surface area contributed by atoms with Crippen LogP contribution in [0.5, 0.6) is 0 Å². The van der Waals surface area contributed by atoms with E-state index in [-0.39, 0.29) is 5.91 Å². The molecule has 0 N–H and O–H groups in total. The van der Waals surface area contributed by atoms with Crippen molar-refractivity contribution in [2.24, 2.45) is 7.05 Å². The first-order valence-corrected chi connectivity index (χ1v) is 7.71. The topological polar surface area (TPSA) is 73.8 Å². The SMILES string of the molecule is Cc1nn(C)c(C)c1CN(C)C(=O)c1ccn(Cn2cccn2)n1. The summed E-state index contributed by atoms with van der Waals surface area (Å²) >= 11 is 0. The van der Waals surface area contributed by atoms with Crippen molar-refractivity contribution in [3.63, 3.8) is 0 Å². The lowest BCUT2D eigenvalue weighted by atomic mass is 10.2. The maximum Gasteiger partial charge on any atom is 0.274 e. The molecule has 126 valence electrons. The molecule has 0 saturated heterocycles. The minimum absolute atomic E-state index is 0.114. The first kappa shape index (κ1) is 16.0. The number of aryl methyl sites for hydroxylation is 2. The Morgan fingerprint density at radius 1 is 1.21 bits per heavy atom. The highest BCUT2D eigenvalue weighted by atomic mass is 16.2. The molecule has 24 heavy (non-hydrogen) atoms. The third-order valence-corrected chi connectivity index (χ3v) is 4.11. The monoisotopic (exact) mass is 327 g/mol. The van der Waals surface area contributed by atoms with Gasteiger partial charge in [0, 0.05) is 50.5 Å². The molecule has 0 aromatic carbocycles. The molecule has 0 radical (unpaired) electrons. The van der Waals surface area contributed by atoms with E-state index in [2.05, 4.69) is 15.3 Å². The normalized spacial score (nSPS) is 11.0. The standard InChI is InChI=1S/C16H21N7O/c1-12-14(13(2)21(4)18-12)10-20(3)16(24)15-6-9-23(19-15)11-22-8-5-7-17-22/h5-9H,10-11H2,1-4H3. The molecule has 1 amide bonds. The van der Waals surface area contributed by atoms with Gasteiger partial charge in [0.2, 0.25) is 0 Å². The first-order valence-electron chi connectivity index (χ1n) is 7.71. The Hall–Kier alpha value is -2.90. The zero-order valence-electron chi connectivity index (χ0n) is 14.3. The zero-order chi connectivity index (χ0) is 17.3. The zero-order valence-corrected chi connectivity index (χ0v) is 14.3. The minimum Gasteiger partial charge on any atom is -0.336 e. The van der Waals surface area contributed by atoms with Gasteiger partial charge in [-0.25, -0.2) is 0 Å². The van der Waals surface area contributed by atoms with Crippen molar-refractivity contribution in [2.45, 2.75) is 27.1 Å². The van der Waals surface area contributed by atoms with Gasteiger partial charge in [-0.3, -0.25) is 18.8 Å². The van der Waals surface area contributed by atoms with Gasteiger partial charge in [0.1, 0.15) is 12.4 Å². The van der Waals surface area contributed by atoms with Gasteiger partial charge in [0.25, 0.3) is 5.91 Å². The third kappa shape index (κ3) is 3.08. The maximum atomic E-state index is 12.6. The van der Waals surface area contributed by atoms with E-state index in [1.807, 2.05) is 37.8 Å². The Balaban J connectivity index is 1.70. The van der Waals surface area contributed by atoms with Gasteiger partial charge in [-0.2, -0.15) is 15.3 Å². The van der Waals surface area contributed by atoms with Gasteiger partial charge in [0.15, 0.2) is 0 Å². The van der Waals surface area contributed by atoms with Gasteiger partial charge in [-0.1, -0.05) is 0 Å². The number of hydrogen-bond donors (Lipinski definition) is 0. The number of hydrogen-bond acceptors (Lipinski definition) is 4. The minimum atomic E-state index is -0.114. The predicted octanol–water partition coefficient (Wildman–Crippen LogP) is 1.21. The quantitative estimate of drug-likeness (QED) is 0.706. The lowest BCUT2D eigenvalue weighted by molar-refractivity contribution is 0.0777. The predicted molar refractivity (Wildman–Crippen MR) is 88.3 cm³/mol. The fraction of sp³-hybridized carbons (Fsp3) is 0.375. The summed E-state index contributed by atoms with van der Waals surface area (Å²) < 4.78 is 5.27. The summed E-state index contributed by atoms with van der Waals surface area (Å²) in [5, 5.41) is 12.9. The van der Waals surface area contributed by atoms with Crippen LogP contribution >= 0.6 is 0 Å². The molecule has 3 rings (SSSR count). The molecular weight excluding hydrogens is 306 g/mol. The highest BCUT2D eigenvalue weighted by molar-refractivity contribution is 5.92. The van der Waals surface area contributed by atoms with Crippen molar-refractivity contribution in [1.29, 1.82) is 0 Å². The van der Waals surface area contributed by atoms with E-state index < -0.39 is 0 Å². The second kappa shape index (κ2) is 6.31. The van der Waals surface area contributed by atoms with Crippen LogP contribution in [0.15, 0.2) is 30.7 Å². The number of carbonyl (C=O) groups is 1. The van der Waals surface area contributed by atoms with Crippen LogP contribution in [0.25, 0.3) is 0 Å². The molecule has 0 unspecified atom stereocenters. The van der Waals surface area contributed by atoms with E-state index >= 15 is 0 Å². The van der Waals surface area contributed by atoms with Crippen LogP contribution in [0.1, 0.15) is 27.4 Å². The van der Waals surface area contributed by atoms with E-state index in [1.54, 1.807) is 39.8 Å². The molecule has 3 aromatic heterocycles. The molecule has 0 saturated carbocycles. The number of rotatable bonds is 5. The fourth-order valence-corrected chi connectivity index (χ4v) is 2.64. The van der Waals surface area contributed by atoms with Crippen LogP contribution < -0.4 is 0 Å². The van der Waals surface area contributed by atoms with Gasteiger partial charge < -0.3 is 4.90 Å². The fourth-order valence-electron chi connectivity index (χ4n) is 2.64. The van der Waals surface area contributed by atoms with E-state index in [4.69, 9.17) is 0 Å². The Morgan fingerprint density at radius 2 is 2.00 bits per heavy atom. The molecule has 3 heterocycles. The number of nitrogens with zero attached hydrogens (tertiary/aromatic N) is 7. The molecule has 0 atom stereocenters. The lowest BCUT2D eigenvalue weighted by Gasteiger charge is -2.16. The molecule has 0 spiro atoms. The Kier molecular flexibility index (Phi) is 4.20. The molecular formula is C16H21N7O. The van der Waals surface area contributed by atoms with Gasteiger partial charge >= 0.3 is 0 Å². The first-order chi connectivity index (χ1) is 11.5. The van der Waals surface area contributed by atoms with Crippen molar-refractivity contribution in [3.8, 4) is 0 Å². The molecule has 0 bridgehead atoms. The summed E-state index contributed by atoms with van der Waals surface area (Å²) in [6, 6.07) is 3.58. The van der Waals surface area contributed by atoms with E-state index in [1.165, 1.54) is 0 Å². The largest absolute Gasteiger partial charge is 0.336 e. The summed E-state index contributed by atoms with van der Waals surface area (Å²) in [5.74, 6) is -0.114. The van der Waals surface area contributed by atoms with Crippen LogP contribution in [-0.2, 0) is 20.3 Å². The Bertz CT molecular complexity index is 844. The number of aromatic nitrogens is 6. The molecule has 3 aromatic rings. The summed E-state index contributed by atoms with van der Waals surface area (Å²) in [5.41, 5.74) is 3.50. The maximum absolute atomic E-state index is 12.6. The van der Waals surface area contributed by atoms with E-state index in [0.29, 0.717) is 18.9 Å². The molecule has 8 nitrogen and oxygen atoms in total. The number of amides is 1. The molecule has 0 aliphatic carbocycles. The summed E-state index contributed by atoms with van der Waals surface area (Å²) in [4.78, 5) is 14.3. The van der Waals surface area contributed by atoms with E-state index in [0.717, 1.165) is 17.0 Å². The van der Waals surface area contributed by atoms with Crippen LogP contribution in [-0.4, -0.2) is 47.2 Å². The van der Waals surface area contributed by atoms with Crippen LogP contribution in [0.2, 0.25) is 0 Å². The average molecular weight is 327 g/mol. The highest BCUT2D eigenvalue weighted by Gasteiger charge is 2.18. The van der Waals surface area contributed by atoms with Crippen LogP contribution in [0.3, 0.4) is 0 Å². The lowest BCUT2D eigenvalue weighted by Crippen LogP contribution is -2.27. The Labute approximate surface area is 140 Å². The second-order valence-electron chi connectivity index (χ2n) is 5.86. The Morgan fingerprint density at radius 3 is 2.62 bits per heavy atom. The summed E-state index contributed by atoms with van der Waals surface area (Å²) in [6.07, 6.45) is 5.34. The van der Waals surface area contributed by atoms with Gasteiger partial charge in [-0.05, 0) is 26.0 Å². The van der Waals surface area contributed by atoms with Gasteiger partial charge in [0.05, 0.1) is 5.69 Å². The summed E-state index contributed by atoms with van der Waals surface area (Å²) in [7, 11) is 3.69. The van der Waals surface area contributed by atoms with Crippen molar-refractivity contribution >= 4 is 5.91 Å². The van der Waals surface area contributed by atoms with E-state index in [9.17, 15) is 4.79 Å². The number of carbonyl (C=O) groups excluding carboxylic acids is 1. The van der Waals surface area contributed by atoms with Crippen molar-refractivity contribution in [3.05, 3.63) is 53.4 Å². The smallest absolute Gasteiger partial charge is 0.274 e. The highest BCUT2D eigenvalue weighted by Crippen LogP contribution is 2.15. The second-order valence-corrected chi connectivity index (χ2v) is 5.86. The van der Waals surface area contributed by atoms with Crippen molar-refractivity contribution in [2.75, 3.05) is 7.05 Å². The van der Waals surface area contributed by atoms with Gasteiger partial charge in [-0.15, -0.1) is 0 Å². The average Bonchev–Trinajstić information content (AvgIpc) is 3.26. The molecule has 0 aliphatic rings. The summed E-state index contributed by atoms with van der Waals surface area (Å²) in [6.45, 7) is 4.95. The van der Waals surface area contributed by atoms with Crippen molar-refractivity contribution < 1.29 is 4.79 Å². The van der Waals surface area contributed by atoms with Crippen molar-refractivity contribution in [1.82, 2.24) is 34.2 Å². The van der Waals surface area contributed by atoms with Crippen LogP contribution in [0, 0.1) is 13.8 Å². The molecule has 0 fully saturated rings. The molecule has 8 heteroatoms. The third-order valence-electron chi connectivity index (χ3n) is 4.11.